The summed E-state index contributed by atoms with van der Waals surface area (Å²) in [6.45, 7) is 0.332. The molecule has 3 rings (SSSR count). The smallest absolute Gasteiger partial charge is 0.332 e. The number of aliphatic hydroxyl groups is 4. The number of aliphatic hydroxyl groups excluding tert-OH is 4. The van der Waals surface area contributed by atoms with Crippen LogP contribution in [0.15, 0.2) is 29.8 Å². The number of rotatable bonds is 10. The highest BCUT2D eigenvalue weighted by Gasteiger charge is 2.54. The Morgan fingerprint density at radius 3 is 2.31 bits per heavy atom. The van der Waals surface area contributed by atoms with Gasteiger partial charge in [-0.25, -0.2) is 17.6 Å². The van der Waals surface area contributed by atoms with Crippen molar-refractivity contribution in [1.82, 2.24) is 0 Å². The molecule has 11 nitrogen and oxygen atoms in total. The van der Waals surface area contributed by atoms with Crippen LogP contribution in [0.1, 0.15) is 31.7 Å². The van der Waals surface area contributed by atoms with E-state index in [9.17, 15) is 43.1 Å². The molecule has 1 fully saturated rings. The number of aliphatic carboxylic acids is 1. The minimum atomic E-state index is -4.31. The maximum absolute atomic E-state index is 13.7. The van der Waals surface area contributed by atoms with Gasteiger partial charge in [-0.05, 0) is 42.7 Å². The van der Waals surface area contributed by atoms with Crippen molar-refractivity contribution in [3.8, 4) is 0 Å². The normalized spacial score (nSPS) is 28.5. The second-order valence-electron chi connectivity index (χ2n) is 8.61. The Hall–Kier alpha value is -2.13. The molecule has 13 heteroatoms. The number of carbonyl (C=O) groups is 1. The van der Waals surface area contributed by atoms with Crippen LogP contribution in [0.2, 0.25) is 0 Å². The molecule has 0 amide bonds. The van der Waals surface area contributed by atoms with Crippen LogP contribution in [0.4, 0.5) is 10.1 Å². The third kappa shape index (κ3) is 5.82. The molecule has 1 saturated heterocycles. The summed E-state index contributed by atoms with van der Waals surface area (Å²) in [5.41, 5.74) is 0.0107. The van der Waals surface area contributed by atoms with Crippen molar-refractivity contribution in [2.24, 2.45) is 0 Å². The summed E-state index contributed by atoms with van der Waals surface area (Å²) in [4.78, 5) is 12.1. The van der Waals surface area contributed by atoms with Crippen molar-refractivity contribution in [2.75, 3.05) is 17.9 Å². The fraction of sp³-hybridized carbons (Fsp3) is 0.591. The Balaban J connectivity index is 1.94. The Morgan fingerprint density at radius 2 is 1.80 bits per heavy atom. The van der Waals surface area contributed by atoms with E-state index in [0.717, 1.165) is 12.1 Å². The Kier molecular flexibility index (Phi) is 8.52. The zero-order valence-electron chi connectivity index (χ0n) is 19.0. The lowest BCUT2D eigenvalue weighted by Crippen LogP contribution is -2.45. The summed E-state index contributed by atoms with van der Waals surface area (Å²) in [7, 11) is -4.31. The van der Waals surface area contributed by atoms with Crippen molar-refractivity contribution in [3.63, 3.8) is 0 Å². The third-order valence-electron chi connectivity index (χ3n) is 6.07. The number of aryl methyl sites for hydroxylation is 1. The Bertz CT molecular complexity index is 1040. The highest BCUT2D eigenvalue weighted by Crippen LogP contribution is 2.42. The lowest BCUT2D eigenvalue weighted by molar-refractivity contribution is -0.163. The quantitative estimate of drug-likeness (QED) is 0.244. The van der Waals surface area contributed by atoms with E-state index in [0.29, 0.717) is 18.4 Å². The van der Waals surface area contributed by atoms with E-state index in [1.54, 1.807) is 0 Å². The van der Waals surface area contributed by atoms with Crippen molar-refractivity contribution >= 4 is 21.7 Å². The van der Waals surface area contributed by atoms with Crippen LogP contribution < -0.4 is 4.72 Å². The predicted octanol–water partition coefficient (Wildman–Crippen LogP) is -0.120. The number of benzene rings is 1. The molecule has 1 aromatic rings. The molecule has 0 aromatic heterocycles. The predicted molar refractivity (Wildman–Crippen MR) is 120 cm³/mol. The number of carboxylic acid groups (broad SMARTS) is 1. The van der Waals surface area contributed by atoms with Crippen molar-refractivity contribution in [3.05, 3.63) is 41.2 Å². The molecule has 1 heterocycles. The minimum Gasteiger partial charge on any atom is -0.478 e. The summed E-state index contributed by atoms with van der Waals surface area (Å²) in [5, 5.41) is 47.1. The maximum Gasteiger partial charge on any atom is 0.332 e. The molecule has 1 aliphatic carbocycles. The number of hydrogen-bond acceptors (Lipinski definition) is 9. The molecule has 0 radical (unpaired) electrons. The van der Waals surface area contributed by atoms with E-state index in [-0.39, 0.29) is 18.5 Å². The van der Waals surface area contributed by atoms with Crippen LogP contribution in [-0.2, 0) is 30.7 Å². The molecule has 5 atom stereocenters. The third-order valence-corrected chi connectivity index (χ3v) is 7.81. The maximum atomic E-state index is 13.7. The molecule has 6 N–H and O–H groups in total. The van der Waals surface area contributed by atoms with Gasteiger partial charge in [-0.2, -0.15) is 0 Å². The SMILES string of the molecule is CCCc1cc(F)ccc1NS(=O)(=O)C1CCC2(C=C1C(=O)O)OC(C(O)CO)C(C(O)CO)O2. The van der Waals surface area contributed by atoms with E-state index in [1.807, 2.05) is 6.92 Å². The minimum absolute atomic E-state index is 0.143. The van der Waals surface area contributed by atoms with E-state index < -0.39 is 76.0 Å². The van der Waals surface area contributed by atoms with Gasteiger partial charge in [-0.3, -0.25) is 4.72 Å². The van der Waals surface area contributed by atoms with E-state index in [1.165, 1.54) is 12.1 Å². The summed E-state index contributed by atoms with van der Waals surface area (Å²) in [6, 6.07) is 3.59. The average molecular weight is 520 g/mol. The molecule has 2 aliphatic rings. The first kappa shape index (κ1) is 27.5. The van der Waals surface area contributed by atoms with Gasteiger partial charge < -0.3 is 35.0 Å². The molecule has 1 aliphatic heterocycles. The van der Waals surface area contributed by atoms with Gasteiger partial charge in [-0.1, -0.05) is 13.3 Å². The Labute approximate surface area is 201 Å². The van der Waals surface area contributed by atoms with Crippen molar-refractivity contribution < 1.29 is 52.6 Å². The number of carboxylic acids is 1. The molecule has 35 heavy (non-hydrogen) atoms. The lowest BCUT2D eigenvalue weighted by Gasteiger charge is -2.33. The molecular formula is C22H30FNO10S. The van der Waals surface area contributed by atoms with Crippen LogP contribution in [0.3, 0.4) is 0 Å². The van der Waals surface area contributed by atoms with Crippen molar-refractivity contribution in [1.29, 1.82) is 0 Å². The standard InChI is InChI=1S/C22H30FNO10S/c1-2-3-12-8-13(23)4-5-15(12)24-35(31,32)18-6-7-22(9-14(18)21(29)30)33-19(16(27)10-25)20(34-22)17(28)11-26/h4-5,8-9,16-20,24-28H,2-3,6-7,10-11H2,1H3,(H,29,30). The number of hydrogen-bond donors (Lipinski definition) is 6. The van der Waals surface area contributed by atoms with E-state index in [2.05, 4.69) is 4.72 Å². The largest absolute Gasteiger partial charge is 0.478 e. The number of ether oxygens (including phenoxy) is 2. The molecule has 196 valence electrons. The van der Waals surface area contributed by atoms with Gasteiger partial charge in [0.25, 0.3) is 0 Å². The van der Waals surface area contributed by atoms with Gasteiger partial charge in [0.15, 0.2) is 5.79 Å². The topological polar surface area (TPSA) is 183 Å². The van der Waals surface area contributed by atoms with Gasteiger partial charge >= 0.3 is 5.97 Å². The first-order valence-corrected chi connectivity index (χ1v) is 12.7. The number of anilines is 1. The zero-order valence-corrected chi connectivity index (χ0v) is 19.8. The van der Waals surface area contributed by atoms with Gasteiger partial charge in [-0.15, -0.1) is 0 Å². The van der Waals surface area contributed by atoms with Crippen molar-refractivity contribution in [2.45, 2.75) is 68.1 Å². The lowest BCUT2D eigenvalue weighted by atomic mass is 9.94. The average Bonchev–Trinajstić information content (AvgIpc) is 3.18. The van der Waals surface area contributed by atoms with Gasteiger partial charge in [0.1, 0.15) is 35.5 Å². The van der Waals surface area contributed by atoms with Crippen LogP contribution in [0.5, 0.6) is 0 Å². The number of sulfonamides is 1. The van der Waals surface area contributed by atoms with E-state index in [4.69, 9.17) is 9.47 Å². The molecule has 0 bridgehead atoms. The summed E-state index contributed by atoms with van der Waals surface area (Å²) in [5.74, 6) is -3.88. The second kappa shape index (κ2) is 10.9. The molecular weight excluding hydrogens is 489 g/mol. The fourth-order valence-electron chi connectivity index (χ4n) is 4.39. The first-order valence-electron chi connectivity index (χ1n) is 11.2. The van der Waals surface area contributed by atoms with Gasteiger partial charge in [0.05, 0.1) is 24.5 Å². The van der Waals surface area contributed by atoms with Gasteiger partial charge in [0.2, 0.25) is 10.0 Å². The number of nitrogens with one attached hydrogen (secondary N) is 1. The van der Waals surface area contributed by atoms with Gasteiger partial charge in [0, 0.05) is 6.42 Å². The molecule has 1 aromatic carbocycles. The highest BCUT2D eigenvalue weighted by atomic mass is 32.2. The molecule has 1 spiro atoms. The summed E-state index contributed by atoms with van der Waals surface area (Å²) >= 11 is 0. The second-order valence-corrected chi connectivity index (χ2v) is 10.5. The fourth-order valence-corrected chi connectivity index (χ4v) is 5.96. The van der Waals surface area contributed by atoms with E-state index >= 15 is 0 Å². The molecule has 0 saturated carbocycles. The zero-order chi connectivity index (χ0) is 26.0. The number of halogens is 1. The highest BCUT2D eigenvalue weighted by molar-refractivity contribution is 7.93. The summed E-state index contributed by atoms with van der Waals surface area (Å²) < 4.78 is 53.9. The van der Waals surface area contributed by atoms with Crippen LogP contribution >= 0.6 is 0 Å². The van der Waals surface area contributed by atoms with Crippen LogP contribution in [0, 0.1) is 5.82 Å². The Morgan fingerprint density at radius 1 is 1.20 bits per heavy atom. The summed E-state index contributed by atoms with van der Waals surface area (Å²) in [6.07, 6.45) is -4.07. The monoisotopic (exact) mass is 519 g/mol. The van der Waals surface area contributed by atoms with Crippen LogP contribution in [-0.4, -0.2) is 88.6 Å². The molecule has 5 unspecified atom stereocenters. The first-order chi connectivity index (χ1) is 16.5. The van der Waals surface area contributed by atoms with Crippen LogP contribution in [0.25, 0.3) is 0 Å².